The van der Waals surface area contributed by atoms with Crippen LogP contribution >= 0.6 is 0 Å². The van der Waals surface area contributed by atoms with Gasteiger partial charge in [-0.2, -0.15) is 0 Å². The lowest BCUT2D eigenvalue weighted by molar-refractivity contribution is 0.102. The number of nitrogen functional groups attached to an aromatic ring is 1. The number of amides is 1. The number of hydrogen-bond donors (Lipinski definition) is 6. The van der Waals surface area contributed by atoms with Crippen LogP contribution in [-0.2, 0) is 0 Å². The summed E-state index contributed by atoms with van der Waals surface area (Å²) in [5.41, 5.74) is 12.9. The standard InChI is InChI=1S/C19H18N6O/c20-17(21)15-10-12(9-11-5-1-2-6-13(11)15)24-18(26)14-7-3-4-8-16(14)25-19(22)23/h1-10H,(H3,20,21)(H,24,26)(H4,22,23,25). The van der Waals surface area contributed by atoms with Crippen LogP contribution in [-0.4, -0.2) is 17.7 Å². The maximum atomic E-state index is 12.7. The average Bonchev–Trinajstić information content (AvgIpc) is 2.60. The molecular weight excluding hydrogens is 328 g/mol. The topological polar surface area (TPSA) is 141 Å². The van der Waals surface area contributed by atoms with E-state index in [4.69, 9.17) is 22.3 Å². The monoisotopic (exact) mass is 346 g/mol. The maximum Gasteiger partial charge on any atom is 0.257 e. The highest BCUT2D eigenvalue weighted by Crippen LogP contribution is 2.25. The fourth-order valence-electron chi connectivity index (χ4n) is 2.74. The molecule has 0 aliphatic rings. The van der Waals surface area contributed by atoms with E-state index in [0.717, 1.165) is 10.8 Å². The molecule has 7 heteroatoms. The average molecular weight is 346 g/mol. The van der Waals surface area contributed by atoms with E-state index < -0.39 is 0 Å². The zero-order valence-electron chi connectivity index (χ0n) is 13.8. The molecule has 8 N–H and O–H groups in total. The van der Waals surface area contributed by atoms with Crippen molar-refractivity contribution in [1.82, 2.24) is 0 Å². The van der Waals surface area contributed by atoms with Gasteiger partial charge in [-0.25, -0.2) is 0 Å². The molecule has 26 heavy (non-hydrogen) atoms. The minimum atomic E-state index is -0.362. The highest BCUT2D eigenvalue weighted by molar-refractivity contribution is 6.13. The second-order valence-electron chi connectivity index (χ2n) is 5.70. The molecule has 3 aromatic carbocycles. The number of carbonyl (C=O) groups excluding carboxylic acids is 1. The van der Waals surface area contributed by atoms with Crippen molar-refractivity contribution in [2.45, 2.75) is 0 Å². The zero-order valence-corrected chi connectivity index (χ0v) is 13.8. The Morgan fingerprint density at radius 2 is 1.54 bits per heavy atom. The first kappa shape index (κ1) is 17.0. The molecule has 130 valence electrons. The molecule has 0 atom stereocenters. The number of benzene rings is 3. The summed E-state index contributed by atoms with van der Waals surface area (Å²) in [6.45, 7) is 0. The summed E-state index contributed by atoms with van der Waals surface area (Å²) in [5.74, 6) is -0.690. The minimum Gasteiger partial charge on any atom is -0.384 e. The molecule has 7 nitrogen and oxygen atoms in total. The van der Waals surface area contributed by atoms with Crippen molar-refractivity contribution in [2.75, 3.05) is 10.6 Å². The molecule has 0 spiro atoms. The normalized spacial score (nSPS) is 10.3. The quantitative estimate of drug-likeness (QED) is 0.319. The van der Waals surface area contributed by atoms with E-state index in [-0.39, 0.29) is 17.7 Å². The van der Waals surface area contributed by atoms with Gasteiger partial charge in [-0.05, 0) is 35.0 Å². The lowest BCUT2D eigenvalue weighted by atomic mass is 10.0. The van der Waals surface area contributed by atoms with Gasteiger partial charge in [0.1, 0.15) is 5.84 Å². The third kappa shape index (κ3) is 3.46. The number of fused-ring (bicyclic) bond motifs is 1. The minimum absolute atomic E-state index is 0.0732. The van der Waals surface area contributed by atoms with Crippen LogP contribution < -0.4 is 22.1 Å². The number of para-hydroxylation sites is 1. The summed E-state index contributed by atoms with van der Waals surface area (Å²) in [6.07, 6.45) is 0. The van der Waals surface area contributed by atoms with E-state index in [1.54, 1.807) is 30.3 Å². The van der Waals surface area contributed by atoms with Crippen molar-refractivity contribution < 1.29 is 4.79 Å². The molecule has 0 aliphatic carbocycles. The Labute approximate surface area is 150 Å². The largest absolute Gasteiger partial charge is 0.384 e. The van der Waals surface area contributed by atoms with Crippen LogP contribution in [0, 0.1) is 10.8 Å². The van der Waals surface area contributed by atoms with Crippen LogP contribution in [0.15, 0.2) is 60.7 Å². The van der Waals surface area contributed by atoms with Crippen LogP contribution in [0.1, 0.15) is 15.9 Å². The molecule has 0 bridgehead atoms. The Balaban J connectivity index is 1.98. The Bertz CT molecular complexity index is 1030. The second kappa shape index (κ2) is 6.94. The zero-order chi connectivity index (χ0) is 18.7. The molecule has 3 rings (SSSR count). The van der Waals surface area contributed by atoms with Gasteiger partial charge in [0, 0.05) is 11.3 Å². The number of nitrogens with one attached hydrogen (secondary N) is 4. The van der Waals surface area contributed by atoms with Crippen LogP contribution in [0.3, 0.4) is 0 Å². The van der Waals surface area contributed by atoms with Gasteiger partial charge in [0.2, 0.25) is 0 Å². The highest BCUT2D eigenvalue weighted by atomic mass is 16.1. The predicted molar refractivity (Wildman–Crippen MR) is 105 cm³/mol. The molecule has 0 aliphatic heterocycles. The summed E-state index contributed by atoms with van der Waals surface area (Å²) < 4.78 is 0. The Morgan fingerprint density at radius 1 is 0.846 bits per heavy atom. The van der Waals surface area contributed by atoms with Gasteiger partial charge < -0.3 is 22.1 Å². The van der Waals surface area contributed by atoms with Gasteiger partial charge in [-0.15, -0.1) is 0 Å². The molecule has 0 unspecified atom stereocenters. The van der Waals surface area contributed by atoms with Gasteiger partial charge in [0.25, 0.3) is 5.91 Å². The lowest BCUT2D eigenvalue weighted by Crippen LogP contribution is -2.23. The van der Waals surface area contributed by atoms with E-state index in [1.807, 2.05) is 30.3 Å². The summed E-state index contributed by atoms with van der Waals surface area (Å²) in [6, 6.07) is 17.8. The predicted octanol–water partition coefficient (Wildman–Crippen LogP) is 2.68. The number of hydrogen-bond acceptors (Lipinski definition) is 3. The summed E-state index contributed by atoms with van der Waals surface area (Å²) in [4.78, 5) is 12.7. The van der Waals surface area contributed by atoms with Gasteiger partial charge in [0.05, 0.1) is 11.3 Å². The van der Waals surface area contributed by atoms with Gasteiger partial charge in [-0.1, -0.05) is 36.4 Å². The first-order valence-corrected chi connectivity index (χ1v) is 7.84. The van der Waals surface area contributed by atoms with Crippen molar-refractivity contribution in [1.29, 1.82) is 10.8 Å². The third-order valence-corrected chi connectivity index (χ3v) is 3.85. The van der Waals surface area contributed by atoms with Crippen molar-refractivity contribution in [3.05, 3.63) is 71.8 Å². The number of carbonyl (C=O) groups is 1. The fraction of sp³-hybridized carbons (Fsp3) is 0. The number of amidine groups is 1. The SMILES string of the molecule is N=C(N)Nc1ccccc1C(=O)Nc1cc(C(=N)N)c2ccccc2c1. The van der Waals surface area contributed by atoms with Gasteiger partial charge >= 0.3 is 0 Å². The number of nitrogens with two attached hydrogens (primary N) is 2. The van der Waals surface area contributed by atoms with E-state index in [1.165, 1.54) is 0 Å². The van der Waals surface area contributed by atoms with Crippen molar-refractivity contribution in [2.24, 2.45) is 11.5 Å². The lowest BCUT2D eigenvalue weighted by Gasteiger charge is -2.13. The van der Waals surface area contributed by atoms with Crippen LogP contribution in [0.4, 0.5) is 11.4 Å². The van der Waals surface area contributed by atoms with E-state index >= 15 is 0 Å². The summed E-state index contributed by atoms with van der Waals surface area (Å²) >= 11 is 0. The first-order chi connectivity index (χ1) is 12.5. The van der Waals surface area contributed by atoms with Crippen molar-refractivity contribution in [3.8, 4) is 0 Å². The van der Waals surface area contributed by atoms with E-state index in [2.05, 4.69) is 10.6 Å². The summed E-state index contributed by atoms with van der Waals surface area (Å²) in [5, 5.41) is 22.3. The van der Waals surface area contributed by atoms with E-state index in [9.17, 15) is 4.79 Å². The molecule has 0 radical (unpaired) electrons. The fourth-order valence-corrected chi connectivity index (χ4v) is 2.74. The third-order valence-electron chi connectivity index (χ3n) is 3.85. The van der Waals surface area contributed by atoms with Crippen molar-refractivity contribution in [3.63, 3.8) is 0 Å². The maximum absolute atomic E-state index is 12.7. The second-order valence-corrected chi connectivity index (χ2v) is 5.70. The molecule has 3 aromatic rings. The number of rotatable bonds is 4. The first-order valence-electron chi connectivity index (χ1n) is 7.84. The van der Waals surface area contributed by atoms with Crippen molar-refractivity contribution >= 4 is 39.8 Å². The van der Waals surface area contributed by atoms with E-state index in [0.29, 0.717) is 22.5 Å². The smallest absolute Gasteiger partial charge is 0.257 e. The van der Waals surface area contributed by atoms with Crippen LogP contribution in [0.5, 0.6) is 0 Å². The van der Waals surface area contributed by atoms with Crippen LogP contribution in [0.25, 0.3) is 10.8 Å². The molecule has 0 saturated heterocycles. The molecule has 0 fully saturated rings. The number of anilines is 2. The Morgan fingerprint density at radius 3 is 2.27 bits per heavy atom. The van der Waals surface area contributed by atoms with Gasteiger partial charge in [-0.3, -0.25) is 15.6 Å². The van der Waals surface area contributed by atoms with Crippen LogP contribution in [0.2, 0.25) is 0 Å². The molecule has 0 aromatic heterocycles. The van der Waals surface area contributed by atoms with Gasteiger partial charge in [0.15, 0.2) is 5.96 Å². The Hall–Kier alpha value is -3.87. The molecule has 0 saturated carbocycles. The Kier molecular flexibility index (Phi) is 4.53. The molecule has 0 heterocycles. The number of guanidine groups is 1. The molecular formula is C19H18N6O. The summed E-state index contributed by atoms with van der Waals surface area (Å²) in [7, 11) is 0. The highest BCUT2D eigenvalue weighted by Gasteiger charge is 2.13. The molecule has 1 amide bonds.